The van der Waals surface area contributed by atoms with Crippen LogP contribution in [0.2, 0.25) is 0 Å². The first-order chi connectivity index (χ1) is 11.4. The van der Waals surface area contributed by atoms with Gasteiger partial charge in [0.15, 0.2) is 0 Å². The molecule has 23 heavy (non-hydrogen) atoms. The lowest BCUT2D eigenvalue weighted by atomic mass is 9.97. The van der Waals surface area contributed by atoms with Crippen molar-refractivity contribution < 1.29 is 0 Å². The topological polar surface area (TPSA) is 3.24 Å². The monoisotopic (exact) mass is 319 g/mol. The second-order valence-corrected chi connectivity index (χ2v) is 7.34. The van der Waals surface area contributed by atoms with E-state index < -0.39 is 0 Å². The Morgan fingerprint density at radius 3 is 2.35 bits per heavy atom. The highest BCUT2D eigenvalue weighted by molar-refractivity contribution is 7.99. The number of hydrogen-bond acceptors (Lipinski definition) is 2. The highest BCUT2D eigenvalue weighted by Gasteiger charge is 2.10. The normalized spacial score (nSPS) is 15.8. The van der Waals surface area contributed by atoms with Gasteiger partial charge in [-0.15, -0.1) is 0 Å². The Labute approximate surface area is 142 Å². The van der Waals surface area contributed by atoms with Crippen LogP contribution in [0.4, 0.5) is 0 Å². The van der Waals surface area contributed by atoms with Crippen LogP contribution >= 0.6 is 11.8 Å². The average molecular weight is 319 g/mol. The molecule has 0 radical (unpaired) electrons. The lowest BCUT2D eigenvalue weighted by Crippen LogP contribution is -2.31. The van der Waals surface area contributed by atoms with Crippen LogP contribution in [0.1, 0.15) is 5.56 Å². The third-order valence-corrected chi connectivity index (χ3v) is 5.51. The summed E-state index contributed by atoms with van der Waals surface area (Å²) in [6.45, 7) is 3.52. The van der Waals surface area contributed by atoms with E-state index in [4.69, 9.17) is 0 Å². The lowest BCUT2D eigenvalue weighted by molar-refractivity contribution is 0.294. The maximum Gasteiger partial charge on any atom is 0.0234 e. The molecule has 1 aliphatic heterocycles. The molecule has 0 unspecified atom stereocenters. The van der Waals surface area contributed by atoms with Crippen LogP contribution in [0.15, 0.2) is 66.7 Å². The maximum absolute atomic E-state index is 2.56. The Kier molecular flexibility index (Phi) is 4.36. The van der Waals surface area contributed by atoms with Gasteiger partial charge in [0.2, 0.25) is 0 Å². The molecule has 1 heterocycles. The summed E-state index contributed by atoms with van der Waals surface area (Å²) >= 11 is 2.07. The summed E-state index contributed by atoms with van der Waals surface area (Å²) < 4.78 is 0. The molecule has 1 fully saturated rings. The van der Waals surface area contributed by atoms with E-state index in [1.54, 1.807) is 0 Å². The van der Waals surface area contributed by atoms with E-state index in [1.165, 1.54) is 52.1 Å². The Morgan fingerprint density at radius 2 is 1.52 bits per heavy atom. The van der Waals surface area contributed by atoms with E-state index in [-0.39, 0.29) is 0 Å². The van der Waals surface area contributed by atoms with E-state index in [1.807, 2.05) is 0 Å². The molecule has 0 atom stereocenters. The first-order valence-electron chi connectivity index (χ1n) is 8.27. The minimum absolute atomic E-state index is 1.08. The molecule has 0 aromatic heterocycles. The van der Waals surface area contributed by atoms with Crippen LogP contribution in [-0.2, 0) is 6.54 Å². The standard InChI is InChI=1S/C21H21NS/c1-2-6-20-18(4-1)5-3-7-21(20)19-10-8-17(9-11-19)16-22-12-14-23-15-13-22/h1-11H,12-16H2. The molecule has 0 N–H and O–H groups in total. The smallest absolute Gasteiger partial charge is 0.0234 e. The van der Waals surface area contributed by atoms with Gasteiger partial charge in [0.05, 0.1) is 0 Å². The Balaban J connectivity index is 1.59. The fraction of sp³-hybridized carbons (Fsp3) is 0.238. The van der Waals surface area contributed by atoms with Crippen molar-refractivity contribution in [2.75, 3.05) is 24.6 Å². The number of rotatable bonds is 3. The predicted molar refractivity (Wildman–Crippen MR) is 102 cm³/mol. The third-order valence-electron chi connectivity index (χ3n) is 4.56. The van der Waals surface area contributed by atoms with Gasteiger partial charge in [-0.3, -0.25) is 4.90 Å². The molecular formula is C21H21NS. The molecule has 0 amide bonds. The van der Waals surface area contributed by atoms with Crippen LogP contribution in [0, 0.1) is 0 Å². The summed E-state index contributed by atoms with van der Waals surface area (Å²) in [6, 6.07) is 24.3. The molecule has 116 valence electrons. The number of thioether (sulfide) groups is 1. The van der Waals surface area contributed by atoms with Crippen LogP contribution in [0.3, 0.4) is 0 Å². The van der Waals surface area contributed by atoms with Gasteiger partial charge >= 0.3 is 0 Å². The van der Waals surface area contributed by atoms with Gasteiger partial charge < -0.3 is 0 Å². The number of benzene rings is 3. The summed E-state index contributed by atoms with van der Waals surface area (Å²) in [4.78, 5) is 2.56. The largest absolute Gasteiger partial charge is 0.297 e. The molecule has 1 nitrogen and oxygen atoms in total. The van der Waals surface area contributed by atoms with Crippen LogP contribution in [-0.4, -0.2) is 29.5 Å². The summed E-state index contributed by atoms with van der Waals surface area (Å²) in [5.74, 6) is 2.54. The van der Waals surface area contributed by atoms with Crippen molar-refractivity contribution in [1.29, 1.82) is 0 Å². The van der Waals surface area contributed by atoms with E-state index in [0.29, 0.717) is 0 Å². The fourth-order valence-electron chi connectivity index (χ4n) is 3.28. The van der Waals surface area contributed by atoms with Gasteiger partial charge in [-0.1, -0.05) is 66.7 Å². The van der Waals surface area contributed by atoms with E-state index in [9.17, 15) is 0 Å². The molecular weight excluding hydrogens is 298 g/mol. The van der Waals surface area contributed by atoms with E-state index in [2.05, 4.69) is 83.4 Å². The Hall–Kier alpha value is -1.77. The number of nitrogens with zero attached hydrogens (tertiary/aromatic N) is 1. The van der Waals surface area contributed by atoms with Crippen molar-refractivity contribution in [2.45, 2.75) is 6.54 Å². The second-order valence-electron chi connectivity index (χ2n) is 6.11. The van der Waals surface area contributed by atoms with Gasteiger partial charge in [-0.25, -0.2) is 0 Å². The molecule has 0 spiro atoms. The highest BCUT2D eigenvalue weighted by atomic mass is 32.2. The number of fused-ring (bicyclic) bond motifs is 1. The van der Waals surface area contributed by atoms with Gasteiger partial charge in [0.25, 0.3) is 0 Å². The SMILES string of the molecule is c1ccc2c(-c3ccc(CN4CCSCC4)cc3)cccc2c1. The van der Waals surface area contributed by atoms with Crippen molar-refractivity contribution in [3.63, 3.8) is 0 Å². The summed E-state index contributed by atoms with van der Waals surface area (Å²) in [5, 5.41) is 2.63. The molecule has 4 rings (SSSR count). The van der Waals surface area contributed by atoms with Gasteiger partial charge in [0, 0.05) is 31.1 Å². The summed E-state index contributed by atoms with van der Waals surface area (Å²) in [5.41, 5.74) is 4.05. The van der Waals surface area contributed by atoms with Crippen LogP contribution in [0.25, 0.3) is 21.9 Å². The zero-order chi connectivity index (χ0) is 15.5. The minimum atomic E-state index is 1.08. The average Bonchev–Trinajstić information content (AvgIpc) is 2.63. The van der Waals surface area contributed by atoms with Gasteiger partial charge in [-0.05, 0) is 27.5 Å². The van der Waals surface area contributed by atoms with Crippen molar-refractivity contribution in [3.8, 4) is 11.1 Å². The third kappa shape index (κ3) is 3.29. The Morgan fingerprint density at radius 1 is 0.783 bits per heavy atom. The van der Waals surface area contributed by atoms with E-state index >= 15 is 0 Å². The fourth-order valence-corrected chi connectivity index (χ4v) is 4.26. The Bertz CT molecular complexity index is 783. The molecule has 0 saturated carbocycles. The zero-order valence-electron chi connectivity index (χ0n) is 13.2. The molecule has 0 bridgehead atoms. The molecule has 2 heteroatoms. The van der Waals surface area contributed by atoms with Crippen molar-refractivity contribution in [3.05, 3.63) is 72.3 Å². The maximum atomic E-state index is 2.56. The zero-order valence-corrected chi connectivity index (χ0v) is 14.1. The molecule has 1 aliphatic rings. The van der Waals surface area contributed by atoms with Crippen LogP contribution in [0.5, 0.6) is 0 Å². The summed E-state index contributed by atoms with van der Waals surface area (Å²) in [6.07, 6.45) is 0. The minimum Gasteiger partial charge on any atom is -0.297 e. The molecule has 0 aliphatic carbocycles. The van der Waals surface area contributed by atoms with Crippen molar-refractivity contribution in [1.82, 2.24) is 4.90 Å². The van der Waals surface area contributed by atoms with Gasteiger partial charge in [0.1, 0.15) is 0 Å². The van der Waals surface area contributed by atoms with Crippen LogP contribution < -0.4 is 0 Å². The van der Waals surface area contributed by atoms with Crippen molar-refractivity contribution in [2.24, 2.45) is 0 Å². The lowest BCUT2D eigenvalue weighted by Gasteiger charge is -2.26. The quantitative estimate of drug-likeness (QED) is 0.664. The van der Waals surface area contributed by atoms with Crippen molar-refractivity contribution >= 4 is 22.5 Å². The second kappa shape index (κ2) is 6.77. The molecule has 3 aromatic rings. The molecule has 3 aromatic carbocycles. The predicted octanol–water partition coefficient (Wildman–Crippen LogP) is 5.06. The van der Waals surface area contributed by atoms with E-state index in [0.717, 1.165) is 6.54 Å². The first kappa shape index (κ1) is 14.8. The van der Waals surface area contributed by atoms with Gasteiger partial charge in [-0.2, -0.15) is 11.8 Å². The first-order valence-corrected chi connectivity index (χ1v) is 9.43. The summed E-state index contributed by atoms with van der Waals surface area (Å²) in [7, 11) is 0. The highest BCUT2D eigenvalue weighted by Crippen LogP contribution is 2.28. The molecule has 1 saturated heterocycles. The number of hydrogen-bond donors (Lipinski definition) is 0.